The maximum atomic E-state index is 12.4. The van der Waals surface area contributed by atoms with Gasteiger partial charge in [-0.1, -0.05) is 29.3 Å². The Hall–Kier alpha value is -2.35. The van der Waals surface area contributed by atoms with Gasteiger partial charge < -0.3 is 5.32 Å². The second-order valence-corrected chi connectivity index (χ2v) is 8.36. The number of benzene rings is 2. The number of carbonyl (C=O) groups excluding carboxylic acids is 1. The van der Waals surface area contributed by atoms with E-state index in [1.54, 1.807) is 30.3 Å². The van der Waals surface area contributed by atoms with Crippen LogP contribution in [0.1, 0.15) is 10.4 Å². The van der Waals surface area contributed by atoms with E-state index in [2.05, 4.69) is 10.4 Å². The Morgan fingerprint density at radius 1 is 1.12 bits per heavy atom. The van der Waals surface area contributed by atoms with E-state index >= 15 is 0 Å². The number of anilines is 1. The van der Waals surface area contributed by atoms with Crippen LogP contribution in [0.25, 0.3) is 5.69 Å². The number of amides is 1. The van der Waals surface area contributed by atoms with Gasteiger partial charge in [0.15, 0.2) is 9.84 Å². The highest BCUT2D eigenvalue weighted by Crippen LogP contribution is 2.24. The molecule has 26 heavy (non-hydrogen) atoms. The van der Waals surface area contributed by atoms with Crippen molar-refractivity contribution in [2.24, 2.45) is 0 Å². The molecule has 0 saturated heterocycles. The van der Waals surface area contributed by atoms with Gasteiger partial charge in [0.1, 0.15) is 0 Å². The van der Waals surface area contributed by atoms with E-state index < -0.39 is 15.7 Å². The third kappa shape index (κ3) is 4.07. The number of carbonyl (C=O) groups is 1. The van der Waals surface area contributed by atoms with Crippen LogP contribution in [0.5, 0.6) is 0 Å². The summed E-state index contributed by atoms with van der Waals surface area (Å²) in [6.07, 6.45) is 4.04. The number of sulfone groups is 1. The Morgan fingerprint density at radius 2 is 1.88 bits per heavy atom. The minimum absolute atomic E-state index is 0.127. The fraction of sp³-hybridized carbons (Fsp3) is 0.0588. The largest absolute Gasteiger partial charge is 0.322 e. The van der Waals surface area contributed by atoms with Gasteiger partial charge in [-0.25, -0.2) is 13.1 Å². The standard InChI is InChI=1S/C17H13Cl2N3O3S/c1-26(24,25)14-4-2-3-12(7-14)21-17(23)11-9-20-22(10-11)13-5-6-15(18)16(19)8-13/h2-10H,1H3,(H,21,23). The molecule has 3 aromatic rings. The van der Waals surface area contributed by atoms with E-state index in [0.717, 1.165) is 6.26 Å². The van der Waals surface area contributed by atoms with Crippen LogP contribution in [0.2, 0.25) is 10.0 Å². The summed E-state index contributed by atoms with van der Waals surface area (Å²) in [5.41, 5.74) is 1.33. The lowest BCUT2D eigenvalue weighted by atomic mass is 10.3. The molecule has 1 aromatic heterocycles. The minimum Gasteiger partial charge on any atom is -0.322 e. The second-order valence-electron chi connectivity index (χ2n) is 5.53. The van der Waals surface area contributed by atoms with E-state index in [4.69, 9.17) is 23.2 Å². The number of nitrogens with zero attached hydrogens (tertiary/aromatic N) is 2. The van der Waals surface area contributed by atoms with Crippen molar-refractivity contribution in [3.05, 3.63) is 70.5 Å². The molecule has 0 aliphatic heterocycles. The summed E-state index contributed by atoms with van der Waals surface area (Å²) in [4.78, 5) is 12.5. The second kappa shape index (κ2) is 7.11. The van der Waals surface area contributed by atoms with Crippen molar-refractivity contribution >= 4 is 44.6 Å². The molecule has 1 heterocycles. The van der Waals surface area contributed by atoms with E-state index in [-0.39, 0.29) is 4.90 Å². The quantitative estimate of drug-likeness (QED) is 0.709. The Labute approximate surface area is 160 Å². The van der Waals surface area contributed by atoms with E-state index in [0.29, 0.717) is 27.0 Å². The van der Waals surface area contributed by atoms with E-state index in [1.165, 1.54) is 29.2 Å². The highest BCUT2D eigenvalue weighted by atomic mass is 35.5. The Bertz CT molecular complexity index is 1090. The summed E-state index contributed by atoms with van der Waals surface area (Å²) in [5.74, 6) is -0.415. The van der Waals surface area contributed by atoms with Crippen LogP contribution in [0.3, 0.4) is 0 Å². The van der Waals surface area contributed by atoms with Crippen LogP contribution in [-0.4, -0.2) is 30.4 Å². The van der Waals surface area contributed by atoms with Crippen molar-refractivity contribution in [2.45, 2.75) is 4.90 Å². The average Bonchev–Trinajstić information content (AvgIpc) is 3.07. The molecule has 1 amide bonds. The van der Waals surface area contributed by atoms with Crippen molar-refractivity contribution in [2.75, 3.05) is 11.6 Å². The highest BCUT2D eigenvalue weighted by Gasteiger charge is 2.13. The fourth-order valence-electron chi connectivity index (χ4n) is 2.22. The maximum Gasteiger partial charge on any atom is 0.258 e. The van der Waals surface area contributed by atoms with Crippen molar-refractivity contribution in [1.82, 2.24) is 9.78 Å². The molecule has 2 aromatic carbocycles. The Balaban J connectivity index is 1.81. The van der Waals surface area contributed by atoms with Crippen molar-refractivity contribution in [3.8, 4) is 5.69 Å². The third-order valence-corrected chi connectivity index (χ3v) is 5.38. The number of hydrogen-bond donors (Lipinski definition) is 1. The number of halogens is 2. The van der Waals surface area contributed by atoms with Crippen LogP contribution in [-0.2, 0) is 9.84 Å². The molecule has 0 aliphatic rings. The van der Waals surface area contributed by atoms with Crippen LogP contribution in [0.15, 0.2) is 59.8 Å². The van der Waals surface area contributed by atoms with Gasteiger partial charge >= 0.3 is 0 Å². The first kappa shape index (κ1) is 18.4. The molecule has 134 valence electrons. The number of rotatable bonds is 4. The molecule has 0 bridgehead atoms. The molecule has 0 spiro atoms. The van der Waals surface area contributed by atoms with E-state index in [9.17, 15) is 13.2 Å². The van der Waals surface area contributed by atoms with Crippen LogP contribution < -0.4 is 5.32 Å². The van der Waals surface area contributed by atoms with Crippen LogP contribution >= 0.6 is 23.2 Å². The summed E-state index contributed by atoms with van der Waals surface area (Å²) in [6, 6.07) is 11.0. The average molecular weight is 410 g/mol. The van der Waals surface area contributed by atoms with Gasteiger partial charge in [-0.15, -0.1) is 0 Å². The monoisotopic (exact) mass is 409 g/mol. The predicted molar refractivity (Wildman–Crippen MR) is 101 cm³/mol. The van der Waals surface area contributed by atoms with Gasteiger partial charge in [-0.05, 0) is 36.4 Å². The maximum absolute atomic E-state index is 12.4. The summed E-state index contributed by atoms with van der Waals surface area (Å²) in [5, 5.41) is 7.59. The number of aromatic nitrogens is 2. The zero-order chi connectivity index (χ0) is 18.9. The first-order valence-corrected chi connectivity index (χ1v) is 10.0. The third-order valence-electron chi connectivity index (χ3n) is 3.53. The summed E-state index contributed by atoms with van der Waals surface area (Å²) >= 11 is 11.9. The fourth-order valence-corrected chi connectivity index (χ4v) is 3.18. The number of hydrogen-bond acceptors (Lipinski definition) is 4. The van der Waals surface area contributed by atoms with Gasteiger partial charge in [0.25, 0.3) is 5.91 Å². The summed E-state index contributed by atoms with van der Waals surface area (Å²) in [6.45, 7) is 0. The minimum atomic E-state index is -3.36. The topological polar surface area (TPSA) is 81.1 Å². The molecule has 0 radical (unpaired) electrons. The normalized spacial score (nSPS) is 11.3. The molecule has 0 atom stereocenters. The molecular formula is C17H13Cl2N3O3S. The van der Waals surface area contributed by atoms with Gasteiger partial charge in [0, 0.05) is 18.1 Å². The van der Waals surface area contributed by atoms with Crippen molar-refractivity contribution < 1.29 is 13.2 Å². The Kier molecular flexibility index (Phi) is 5.04. The van der Waals surface area contributed by atoms with Gasteiger partial charge in [-0.3, -0.25) is 4.79 Å². The predicted octanol–water partition coefficient (Wildman–Crippen LogP) is 3.83. The molecule has 9 heteroatoms. The summed E-state index contributed by atoms with van der Waals surface area (Å²) < 4.78 is 24.7. The Morgan fingerprint density at radius 3 is 2.58 bits per heavy atom. The zero-order valence-corrected chi connectivity index (χ0v) is 15.8. The van der Waals surface area contributed by atoms with Crippen LogP contribution in [0, 0.1) is 0 Å². The molecule has 0 saturated carbocycles. The lowest BCUT2D eigenvalue weighted by Gasteiger charge is -2.05. The first-order chi connectivity index (χ1) is 12.2. The lowest BCUT2D eigenvalue weighted by molar-refractivity contribution is 0.102. The van der Waals surface area contributed by atoms with Crippen molar-refractivity contribution in [3.63, 3.8) is 0 Å². The van der Waals surface area contributed by atoms with Crippen molar-refractivity contribution in [1.29, 1.82) is 0 Å². The van der Waals surface area contributed by atoms with Gasteiger partial charge in [0.2, 0.25) is 0 Å². The first-order valence-electron chi connectivity index (χ1n) is 7.35. The van der Waals surface area contributed by atoms with Crippen LogP contribution in [0.4, 0.5) is 5.69 Å². The SMILES string of the molecule is CS(=O)(=O)c1cccc(NC(=O)c2cnn(-c3ccc(Cl)c(Cl)c3)c2)c1. The van der Waals surface area contributed by atoms with E-state index in [1.807, 2.05) is 0 Å². The molecule has 6 nitrogen and oxygen atoms in total. The molecule has 1 N–H and O–H groups in total. The summed E-state index contributed by atoms with van der Waals surface area (Å²) in [7, 11) is -3.36. The lowest BCUT2D eigenvalue weighted by Crippen LogP contribution is -2.11. The van der Waals surface area contributed by atoms with Gasteiger partial charge in [-0.2, -0.15) is 5.10 Å². The molecular weight excluding hydrogens is 397 g/mol. The number of nitrogens with one attached hydrogen (secondary N) is 1. The highest BCUT2D eigenvalue weighted by molar-refractivity contribution is 7.90. The molecule has 0 aliphatic carbocycles. The molecule has 0 fully saturated rings. The smallest absolute Gasteiger partial charge is 0.258 e. The zero-order valence-electron chi connectivity index (χ0n) is 13.5. The molecule has 3 rings (SSSR count). The molecule has 0 unspecified atom stereocenters. The van der Waals surface area contributed by atoms with Gasteiger partial charge in [0.05, 0.1) is 32.4 Å².